The minimum Gasteiger partial charge on any atom is -0.379 e. The molecule has 0 radical (unpaired) electrons. The molecule has 1 aliphatic rings. The molecular formula is C19H32N6O3. The van der Waals surface area contributed by atoms with E-state index >= 15 is 0 Å². The predicted octanol–water partition coefficient (Wildman–Crippen LogP) is 0.378. The topological polar surface area (TPSA) is 88.4 Å². The molecule has 0 aliphatic carbocycles. The standard InChI is InChI=1S/C19H32N6O3/c1-4-6-7-23(5-2)14-15-20-17-16(18(26)21-19(27)22(17)3)25(15)9-8-24-10-12-28-13-11-24/h4-14H2,1-3H3,(H,21,26,27). The lowest BCUT2D eigenvalue weighted by Gasteiger charge is -2.27. The Kier molecular flexibility index (Phi) is 7.03. The largest absolute Gasteiger partial charge is 0.379 e. The van der Waals surface area contributed by atoms with Gasteiger partial charge in [-0.05, 0) is 19.5 Å². The van der Waals surface area contributed by atoms with E-state index in [1.807, 2.05) is 4.57 Å². The van der Waals surface area contributed by atoms with Crippen molar-refractivity contribution >= 4 is 11.2 Å². The summed E-state index contributed by atoms with van der Waals surface area (Å²) in [6, 6.07) is 0. The lowest BCUT2D eigenvalue weighted by molar-refractivity contribution is 0.0363. The predicted molar refractivity (Wildman–Crippen MR) is 109 cm³/mol. The van der Waals surface area contributed by atoms with Gasteiger partial charge in [0.1, 0.15) is 5.82 Å². The van der Waals surface area contributed by atoms with Crippen molar-refractivity contribution in [1.29, 1.82) is 0 Å². The van der Waals surface area contributed by atoms with E-state index in [0.717, 1.165) is 64.6 Å². The molecule has 0 unspecified atom stereocenters. The summed E-state index contributed by atoms with van der Waals surface area (Å²) >= 11 is 0. The van der Waals surface area contributed by atoms with Gasteiger partial charge in [0.15, 0.2) is 11.2 Å². The second-order valence-corrected chi connectivity index (χ2v) is 7.35. The Morgan fingerprint density at radius 3 is 2.61 bits per heavy atom. The lowest BCUT2D eigenvalue weighted by atomic mass is 10.3. The number of H-pyrrole nitrogens is 1. The molecule has 0 spiro atoms. The molecule has 156 valence electrons. The van der Waals surface area contributed by atoms with Crippen LogP contribution in [0.3, 0.4) is 0 Å². The summed E-state index contributed by atoms with van der Waals surface area (Å²) in [4.78, 5) is 36.4. The van der Waals surface area contributed by atoms with Gasteiger partial charge in [-0.25, -0.2) is 9.78 Å². The first kappa shape index (κ1) is 20.8. The number of aromatic nitrogens is 4. The molecule has 2 aromatic rings. The van der Waals surface area contributed by atoms with Gasteiger partial charge in [0.05, 0.1) is 19.8 Å². The van der Waals surface area contributed by atoms with Crippen LogP contribution in [0, 0.1) is 0 Å². The average molecular weight is 393 g/mol. The highest BCUT2D eigenvalue weighted by Gasteiger charge is 2.20. The third-order valence-corrected chi connectivity index (χ3v) is 5.47. The van der Waals surface area contributed by atoms with Crippen LogP contribution in [-0.4, -0.2) is 74.8 Å². The van der Waals surface area contributed by atoms with E-state index in [0.29, 0.717) is 24.3 Å². The second-order valence-electron chi connectivity index (χ2n) is 7.35. The number of aromatic amines is 1. The Morgan fingerprint density at radius 2 is 1.93 bits per heavy atom. The highest BCUT2D eigenvalue weighted by molar-refractivity contribution is 5.70. The Morgan fingerprint density at radius 1 is 1.18 bits per heavy atom. The maximum absolute atomic E-state index is 12.6. The number of hydrogen-bond donors (Lipinski definition) is 1. The van der Waals surface area contributed by atoms with E-state index in [1.165, 1.54) is 4.57 Å². The number of imidazole rings is 1. The molecule has 0 aromatic carbocycles. The van der Waals surface area contributed by atoms with Crippen LogP contribution in [0.2, 0.25) is 0 Å². The van der Waals surface area contributed by atoms with Crippen LogP contribution in [0.1, 0.15) is 32.5 Å². The fourth-order valence-corrected chi connectivity index (χ4v) is 3.64. The van der Waals surface area contributed by atoms with Crippen molar-refractivity contribution in [3.63, 3.8) is 0 Å². The van der Waals surface area contributed by atoms with E-state index in [9.17, 15) is 9.59 Å². The maximum Gasteiger partial charge on any atom is 0.329 e. The smallest absolute Gasteiger partial charge is 0.329 e. The molecule has 3 heterocycles. The Hall–Kier alpha value is -1.97. The van der Waals surface area contributed by atoms with Crippen molar-refractivity contribution < 1.29 is 4.74 Å². The quantitative estimate of drug-likeness (QED) is 0.664. The number of hydrogen-bond acceptors (Lipinski definition) is 6. The van der Waals surface area contributed by atoms with Crippen molar-refractivity contribution in [2.45, 2.75) is 39.8 Å². The summed E-state index contributed by atoms with van der Waals surface area (Å²) in [6.07, 6.45) is 2.26. The summed E-state index contributed by atoms with van der Waals surface area (Å²) < 4.78 is 8.84. The summed E-state index contributed by atoms with van der Waals surface area (Å²) in [5.41, 5.74) is 0.143. The van der Waals surface area contributed by atoms with Crippen LogP contribution < -0.4 is 11.2 Å². The van der Waals surface area contributed by atoms with E-state index in [2.05, 4.69) is 28.6 Å². The fraction of sp³-hybridized carbons (Fsp3) is 0.737. The first-order valence-corrected chi connectivity index (χ1v) is 10.3. The number of ether oxygens (including phenoxy) is 1. The SMILES string of the molecule is CCCCN(CC)Cc1nc2c(c(=O)[nH]c(=O)n2C)n1CCN1CCOCC1. The molecule has 9 nitrogen and oxygen atoms in total. The molecule has 0 bridgehead atoms. The van der Waals surface area contributed by atoms with Gasteiger partial charge in [0.2, 0.25) is 0 Å². The number of fused-ring (bicyclic) bond motifs is 1. The van der Waals surface area contributed by atoms with Crippen LogP contribution in [0.15, 0.2) is 9.59 Å². The van der Waals surface area contributed by atoms with E-state index in [-0.39, 0.29) is 5.56 Å². The molecule has 1 fully saturated rings. The molecule has 3 rings (SSSR count). The normalized spacial score (nSPS) is 15.7. The number of nitrogens with zero attached hydrogens (tertiary/aromatic N) is 5. The monoisotopic (exact) mass is 392 g/mol. The van der Waals surface area contributed by atoms with Gasteiger partial charge in [0.25, 0.3) is 5.56 Å². The average Bonchev–Trinajstić information content (AvgIpc) is 3.07. The van der Waals surface area contributed by atoms with Crippen LogP contribution in [0.5, 0.6) is 0 Å². The molecular weight excluding hydrogens is 360 g/mol. The number of aryl methyl sites for hydroxylation is 1. The highest BCUT2D eigenvalue weighted by Crippen LogP contribution is 2.14. The van der Waals surface area contributed by atoms with Gasteiger partial charge in [-0.1, -0.05) is 20.3 Å². The molecule has 1 saturated heterocycles. The van der Waals surface area contributed by atoms with E-state index in [4.69, 9.17) is 9.72 Å². The minimum absolute atomic E-state index is 0.365. The van der Waals surface area contributed by atoms with Crippen LogP contribution in [-0.2, 0) is 24.9 Å². The van der Waals surface area contributed by atoms with Gasteiger partial charge < -0.3 is 9.30 Å². The van der Waals surface area contributed by atoms with Crippen LogP contribution in [0.25, 0.3) is 11.2 Å². The first-order valence-electron chi connectivity index (χ1n) is 10.3. The summed E-state index contributed by atoms with van der Waals surface area (Å²) in [7, 11) is 1.65. The summed E-state index contributed by atoms with van der Waals surface area (Å²) in [6.45, 7) is 11.7. The summed E-state index contributed by atoms with van der Waals surface area (Å²) in [5.74, 6) is 0.841. The summed E-state index contributed by atoms with van der Waals surface area (Å²) in [5, 5.41) is 0. The van der Waals surface area contributed by atoms with Gasteiger partial charge in [-0.2, -0.15) is 0 Å². The van der Waals surface area contributed by atoms with Crippen LogP contribution >= 0.6 is 0 Å². The molecule has 0 atom stereocenters. The number of morpholine rings is 1. The first-order chi connectivity index (χ1) is 13.5. The van der Waals surface area contributed by atoms with Gasteiger partial charge in [0, 0.05) is 33.2 Å². The zero-order chi connectivity index (χ0) is 20.1. The Labute approximate surface area is 164 Å². The van der Waals surface area contributed by atoms with Crippen molar-refractivity contribution in [3.8, 4) is 0 Å². The molecule has 1 aliphatic heterocycles. The van der Waals surface area contributed by atoms with E-state index in [1.54, 1.807) is 7.05 Å². The van der Waals surface area contributed by atoms with Crippen molar-refractivity contribution in [2.24, 2.45) is 7.05 Å². The molecule has 9 heteroatoms. The van der Waals surface area contributed by atoms with Gasteiger partial charge >= 0.3 is 5.69 Å². The zero-order valence-corrected chi connectivity index (χ0v) is 17.2. The van der Waals surface area contributed by atoms with Gasteiger partial charge in [-0.3, -0.25) is 24.1 Å². The van der Waals surface area contributed by atoms with Crippen LogP contribution in [0.4, 0.5) is 0 Å². The maximum atomic E-state index is 12.6. The molecule has 28 heavy (non-hydrogen) atoms. The third-order valence-electron chi connectivity index (χ3n) is 5.47. The van der Waals surface area contributed by atoms with E-state index < -0.39 is 5.69 Å². The van der Waals surface area contributed by atoms with Crippen molar-refractivity contribution in [3.05, 3.63) is 26.7 Å². The highest BCUT2D eigenvalue weighted by atomic mass is 16.5. The molecule has 0 saturated carbocycles. The third kappa shape index (κ3) is 4.53. The molecule has 0 amide bonds. The Balaban J connectivity index is 1.95. The van der Waals surface area contributed by atoms with Gasteiger partial charge in [-0.15, -0.1) is 0 Å². The van der Waals surface area contributed by atoms with Crippen molar-refractivity contribution in [1.82, 2.24) is 28.9 Å². The minimum atomic E-state index is -0.430. The molecule has 1 N–H and O–H groups in total. The van der Waals surface area contributed by atoms with Crippen molar-refractivity contribution in [2.75, 3.05) is 45.9 Å². The fourth-order valence-electron chi connectivity index (χ4n) is 3.64. The zero-order valence-electron chi connectivity index (χ0n) is 17.2. The lowest BCUT2D eigenvalue weighted by Crippen LogP contribution is -2.38. The Bertz CT molecular complexity index is 893. The second kappa shape index (κ2) is 9.49. The number of nitrogens with one attached hydrogen (secondary N) is 1. The number of unbranched alkanes of at least 4 members (excludes halogenated alkanes) is 1. The molecule has 2 aromatic heterocycles. The number of rotatable bonds is 9.